The Balaban J connectivity index is 2.35. The van der Waals surface area contributed by atoms with E-state index in [-0.39, 0.29) is 0 Å². The summed E-state index contributed by atoms with van der Waals surface area (Å²) >= 11 is 6.01. The molecule has 0 fully saturated rings. The summed E-state index contributed by atoms with van der Waals surface area (Å²) in [5.74, 6) is 0.841. The molecule has 0 saturated heterocycles. The van der Waals surface area contributed by atoms with Crippen molar-refractivity contribution in [2.45, 2.75) is 6.42 Å². The van der Waals surface area contributed by atoms with Crippen LogP contribution >= 0.6 is 11.6 Å². The zero-order valence-electron chi connectivity index (χ0n) is 7.03. The highest BCUT2D eigenvalue weighted by Crippen LogP contribution is 2.26. The van der Waals surface area contributed by atoms with E-state index in [1.807, 2.05) is 36.4 Å². The second-order valence-electron chi connectivity index (χ2n) is 2.77. The minimum absolute atomic E-state index is 0.726. The van der Waals surface area contributed by atoms with Crippen molar-refractivity contribution in [3.63, 3.8) is 0 Å². The van der Waals surface area contributed by atoms with Crippen LogP contribution < -0.4 is 0 Å². The standard InChI is InChI=1S/C11H9ClO/c12-10-6-2-1-5-9(10)11-7-3-4-8-13-11/h1-2,4-8H,3H2. The molecule has 0 radical (unpaired) electrons. The van der Waals surface area contributed by atoms with E-state index in [4.69, 9.17) is 16.3 Å². The van der Waals surface area contributed by atoms with E-state index in [1.54, 1.807) is 6.26 Å². The Bertz CT molecular complexity index is 366. The quantitative estimate of drug-likeness (QED) is 0.661. The number of hydrogen-bond acceptors (Lipinski definition) is 1. The van der Waals surface area contributed by atoms with Gasteiger partial charge in [0.2, 0.25) is 0 Å². The summed E-state index contributed by atoms with van der Waals surface area (Å²) < 4.78 is 5.34. The first-order valence-electron chi connectivity index (χ1n) is 4.14. The van der Waals surface area contributed by atoms with Gasteiger partial charge in [-0.05, 0) is 30.7 Å². The summed E-state index contributed by atoms with van der Waals surface area (Å²) in [6, 6.07) is 7.67. The first-order chi connectivity index (χ1) is 6.38. The topological polar surface area (TPSA) is 9.23 Å². The molecule has 0 bridgehead atoms. The lowest BCUT2D eigenvalue weighted by molar-refractivity contribution is 0.428. The van der Waals surface area contributed by atoms with Crippen molar-refractivity contribution in [3.8, 4) is 0 Å². The molecular weight excluding hydrogens is 184 g/mol. The van der Waals surface area contributed by atoms with Gasteiger partial charge >= 0.3 is 0 Å². The first kappa shape index (κ1) is 8.39. The van der Waals surface area contributed by atoms with Gasteiger partial charge in [-0.1, -0.05) is 23.7 Å². The van der Waals surface area contributed by atoms with Crippen molar-refractivity contribution in [1.29, 1.82) is 0 Å². The molecule has 1 aromatic carbocycles. The van der Waals surface area contributed by atoms with Crippen LogP contribution in [0, 0.1) is 0 Å². The summed E-state index contributed by atoms with van der Waals surface area (Å²) in [4.78, 5) is 0. The molecule has 0 spiro atoms. The Kier molecular flexibility index (Phi) is 2.37. The van der Waals surface area contributed by atoms with Crippen molar-refractivity contribution < 1.29 is 4.74 Å². The van der Waals surface area contributed by atoms with Crippen LogP contribution in [0.4, 0.5) is 0 Å². The van der Waals surface area contributed by atoms with Gasteiger partial charge in [-0.2, -0.15) is 0 Å². The highest BCUT2D eigenvalue weighted by atomic mass is 35.5. The van der Waals surface area contributed by atoms with Crippen LogP contribution in [0.2, 0.25) is 5.02 Å². The van der Waals surface area contributed by atoms with Gasteiger partial charge in [0, 0.05) is 5.56 Å². The van der Waals surface area contributed by atoms with Gasteiger partial charge in [0.15, 0.2) is 0 Å². The molecule has 0 aliphatic carbocycles. The van der Waals surface area contributed by atoms with E-state index in [2.05, 4.69) is 0 Å². The lowest BCUT2D eigenvalue weighted by atomic mass is 10.1. The fourth-order valence-corrected chi connectivity index (χ4v) is 1.46. The molecule has 1 aliphatic heterocycles. The summed E-state index contributed by atoms with van der Waals surface area (Å²) in [7, 11) is 0. The zero-order valence-corrected chi connectivity index (χ0v) is 7.79. The monoisotopic (exact) mass is 192 g/mol. The fourth-order valence-electron chi connectivity index (χ4n) is 1.23. The van der Waals surface area contributed by atoms with E-state index in [0.29, 0.717) is 0 Å². The van der Waals surface area contributed by atoms with Crippen molar-refractivity contribution in [1.82, 2.24) is 0 Å². The average Bonchev–Trinajstić information content (AvgIpc) is 2.20. The largest absolute Gasteiger partial charge is 0.465 e. The van der Waals surface area contributed by atoms with Crippen molar-refractivity contribution >= 4 is 17.4 Å². The maximum Gasteiger partial charge on any atom is 0.131 e. The molecule has 0 N–H and O–H groups in total. The van der Waals surface area contributed by atoms with Crippen molar-refractivity contribution in [2.24, 2.45) is 0 Å². The van der Waals surface area contributed by atoms with E-state index in [0.717, 1.165) is 22.8 Å². The molecule has 13 heavy (non-hydrogen) atoms. The summed E-state index contributed by atoms with van der Waals surface area (Å²) in [6.45, 7) is 0. The second kappa shape index (κ2) is 3.67. The van der Waals surface area contributed by atoms with Crippen molar-refractivity contribution in [3.05, 3.63) is 53.3 Å². The summed E-state index contributed by atoms with van der Waals surface area (Å²) in [5, 5.41) is 0.726. The number of hydrogen-bond donors (Lipinski definition) is 0. The summed E-state index contributed by atoms with van der Waals surface area (Å²) in [5.41, 5.74) is 0.952. The van der Waals surface area contributed by atoms with Crippen LogP contribution in [0.3, 0.4) is 0 Å². The van der Waals surface area contributed by atoms with E-state index < -0.39 is 0 Å². The third-order valence-corrected chi connectivity index (χ3v) is 2.20. The molecule has 0 aromatic heterocycles. The maximum atomic E-state index is 6.01. The molecule has 0 saturated carbocycles. The van der Waals surface area contributed by atoms with Gasteiger partial charge in [0.05, 0.1) is 11.3 Å². The smallest absolute Gasteiger partial charge is 0.131 e. The molecule has 0 unspecified atom stereocenters. The minimum Gasteiger partial charge on any atom is -0.465 e. The minimum atomic E-state index is 0.726. The molecule has 1 aromatic rings. The molecule has 66 valence electrons. The van der Waals surface area contributed by atoms with Crippen LogP contribution in [0.5, 0.6) is 0 Å². The predicted molar refractivity (Wildman–Crippen MR) is 54.3 cm³/mol. The SMILES string of the molecule is Clc1ccccc1C1=CCC=CO1. The molecule has 0 atom stereocenters. The molecular formula is C11H9ClO. The van der Waals surface area contributed by atoms with Gasteiger partial charge in [-0.15, -0.1) is 0 Å². The van der Waals surface area contributed by atoms with Crippen LogP contribution in [-0.2, 0) is 4.74 Å². The third kappa shape index (κ3) is 1.76. The normalized spacial score (nSPS) is 15.0. The Hall–Kier alpha value is -1.21. The fraction of sp³-hybridized carbons (Fsp3) is 0.0909. The van der Waals surface area contributed by atoms with Gasteiger partial charge in [0.1, 0.15) is 5.76 Å². The number of rotatable bonds is 1. The van der Waals surface area contributed by atoms with Gasteiger partial charge in [-0.25, -0.2) is 0 Å². The van der Waals surface area contributed by atoms with Gasteiger partial charge in [0.25, 0.3) is 0 Å². The van der Waals surface area contributed by atoms with E-state index in [9.17, 15) is 0 Å². The van der Waals surface area contributed by atoms with Crippen LogP contribution in [0.1, 0.15) is 12.0 Å². The van der Waals surface area contributed by atoms with E-state index >= 15 is 0 Å². The third-order valence-electron chi connectivity index (χ3n) is 1.87. The number of benzene rings is 1. The second-order valence-corrected chi connectivity index (χ2v) is 3.18. The molecule has 2 heteroatoms. The van der Waals surface area contributed by atoms with Crippen LogP contribution in [0.15, 0.2) is 42.7 Å². The molecule has 1 nitrogen and oxygen atoms in total. The molecule has 1 heterocycles. The molecule has 2 rings (SSSR count). The van der Waals surface area contributed by atoms with E-state index in [1.165, 1.54) is 0 Å². The Morgan fingerprint density at radius 2 is 2.08 bits per heavy atom. The number of halogens is 1. The van der Waals surface area contributed by atoms with Crippen molar-refractivity contribution in [2.75, 3.05) is 0 Å². The lowest BCUT2D eigenvalue weighted by Crippen LogP contribution is -1.90. The molecule has 0 amide bonds. The zero-order chi connectivity index (χ0) is 9.10. The van der Waals surface area contributed by atoms with Crippen LogP contribution in [0.25, 0.3) is 5.76 Å². The van der Waals surface area contributed by atoms with Gasteiger partial charge in [-0.3, -0.25) is 0 Å². The predicted octanol–water partition coefficient (Wildman–Crippen LogP) is 3.61. The molecule has 1 aliphatic rings. The summed E-state index contributed by atoms with van der Waals surface area (Å²) in [6.07, 6.45) is 6.57. The first-order valence-corrected chi connectivity index (χ1v) is 4.52. The highest BCUT2D eigenvalue weighted by Gasteiger charge is 2.07. The Morgan fingerprint density at radius 1 is 1.23 bits per heavy atom. The highest BCUT2D eigenvalue weighted by molar-refractivity contribution is 6.32. The Morgan fingerprint density at radius 3 is 2.77 bits per heavy atom. The average molecular weight is 193 g/mol. The lowest BCUT2D eigenvalue weighted by Gasteiger charge is -2.10. The Labute approximate surface area is 82.3 Å². The number of ether oxygens (including phenoxy) is 1. The number of allylic oxidation sites excluding steroid dienone is 2. The maximum absolute atomic E-state index is 6.01. The van der Waals surface area contributed by atoms with Gasteiger partial charge < -0.3 is 4.74 Å². The van der Waals surface area contributed by atoms with Crippen LogP contribution in [-0.4, -0.2) is 0 Å².